The largest absolute Gasteiger partial charge is 0.428 e. The van der Waals surface area contributed by atoms with E-state index in [0.29, 0.717) is 35.4 Å². The van der Waals surface area contributed by atoms with Crippen LogP contribution in [0.2, 0.25) is 0 Å². The van der Waals surface area contributed by atoms with E-state index in [4.69, 9.17) is 9.94 Å². The molecular formula is C25H20F6N2O3. The van der Waals surface area contributed by atoms with Crippen molar-refractivity contribution < 1.29 is 41.1 Å². The van der Waals surface area contributed by atoms with Crippen LogP contribution in [0, 0.1) is 0 Å². The molecule has 190 valence electrons. The number of rotatable bonds is 6. The van der Waals surface area contributed by atoms with Gasteiger partial charge >= 0.3 is 12.4 Å². The number of hydroxylamine groups is 1. The summed E-state index contributed by atoms with van der Waals surface area (Å²) in [4.78, 5) is 17.6. The number of amides is 1. The Balaban J connectivity index is 1.81. The van der Waals surface area contributed by atoms with Crippen molar-refractivity contribution in [2.75, 3.05) is 13.2 Å². The number of hydrogen-bond acceptors (Lipinski definition) is 4. The van der Waals surface area contributed by atoms with Crippen LogP contribution in [0.5, 0.6) is 0 Å². The van der Waals surface area contributed by atoms with Crippen LogP contribution in [0.15, 0.2) is 66.7 Å². The van der Waals surface area contributed by atoms with Crippen LogP contribution in [0.4, 0.5) is 26.3 Å². The lowest BCUT2D eigenvalue weighted by molar-refractivity contribution is -0.269. The zero-order valence-corrected chi connectivity index (χ0v) is 18.5. The predicted molar refractivity (Wildman–Crippen MR) is 119 cm³/mol. The molecule has 1 aliphatic heterocycles. The molecule has 1 unspecified atom stereocenters. The second-order valence-corrected chi connectivity index (χ2v) is 8.11. The third-order valence-corrected chi connectivity index (χ3v) is 5.79. The number of nitrogens with one attached hydrogen (secondary N) is 2. The Labute approximate surface area is 201 Å². The van der Waals surface area contributed by atoms with E-state index in [1.165, 1.54) is 12.1 Å². The number of hydrogen-bond donors (Lipinski definition) is 3. The molecule has 4 rings (SSSR count). The van der Waals surface area contributed by atoms with E-state index in [0.717, 1.165) is 12.1 Å². The highest BCUT2D eigenvalue weighted by Crippen LogP contribution is 2.48. The molecule has 1 aliphatic rings. The lowest BCUT2D eigenvalue weighted by Crippen LogP contribution is -2.42. The zero-order chi connectivity index (χ0) is 26.1. The molecule has 0 aromatic heterocycles. The van der Waals surface area contributed by atoms with Gasteiger partial charge in [-0.2, -0.15) is 26.3 Å². The van der Waals surface area contributed by atoms with Crippen LogP contribution in [0.3, 0.4) is 0 Å². The Hall–Kier alpha value is -3.57. The standard InChI is InChI=1S/C25H20F6N2O3/c26-24(27,28)16-6-3-5-15(13-16)23(25(29,30)31)14-21(33-36-23)19-9-10-20(22(35)32-11-4-12-34)18-8-2-1-7-17(18)19/h1-3,5-10,13-14,33-34H,4,11-12H2,(H,32,35). The first-order chi connectivity index (χ1) is 17.0. The molecule has 3 aromatic carbocycles. The fraction of sp³-hybridized carbons (Fsp3) is 0.240. The smallest absolute Gasteiger partial charge is 0.396 e. The van der Waals surface area contributed by atoms with Crippen molar-refractivity contribution in [1.29, 1.82) is 0 Å². The van der Waals surface area contributed by atoms with Crippen LogP contribution in [0.1, 0.15) is 33.5 Å². The second-order valence-electron chi connectivity index (χ2n) is 8.11. The quantitative estimate of drug-likeness (QED) is 0.311. The summed E-state index contributed by atoms with van der Waals surface area (Å²) in [5, 5.41) is 12.4. The second kappa shape index (κ2) is 9.47. The first-order valence-corrected chi connectivity index (χ1v) is 10.8. The summed E-state index contributed by atoms with van der Waals surface area (Å²) in [6.07, 6.45) is -8.89. The lowest BCUT2D eigenvalue weighted by Gasteiger charge is -2.29. The van der Waals surface area contributed by atoms with Crippen molar-refractivity contribution in [3.63, 3.8) is 0 Å². The van der Waals surface area contributed by atoms with Crippen LogP contribution in [0.25, 0.3) is 16.5 Å². The molecule has 0 saturated carbocycles. The molecule has 3 N–H and O–H groups in total. The van der Waals surface area contributed by atoms with Gasteiger partial charge in [-0.1, -0.05) is 42.5 Å². The van der Waals surface area contributed by atoms with Crippen molar-refractivity contribution in [2.24, 2.45) is 0 Å². The van der Waals surface area contributed by atoms with Gasteiger partial charge in [-0.25, -0.2) is 0 Å². The maximum atomic E-state index is 14.3. The number of aliphatic hydroxyl groups excluding tert-OH is 1. The molecule has 0 aliphatic carbocycles. The summed E-state index contributed by atoms with van der Waals surface area (Å²) < 4.78 is 82.5. The van der Waals surface area contributed by atoms with E-state index in [1.54, 1.807) is 24.3 Å². The van der Waals surface area contributed by atoms with Gasteiger partial charge in [0.2, 0.25) is 5.60 Å². The Morgan fingerprint density at radius 2 is 1.69 bits per heavy atom. The number of benzene rings is 3. The molecule has 0 radical (unpaired) electrons. The number of fused-ring (bicyclic) bond motifs is 1. The van der Waals surface area contributed by atoms with Gasteiger partial charge < -0.3 is 10.4 Å². The summed E-state index contributed by atoms with van der Waals surface area (Å²) in [6.45, 7) is 0.129. The average molecular weight is 510 g/mol. The van der Waals surface area contributed by atoms with Gasteiger partial charge in [0.05, 0.1) is 11.3 Å². The van der Waals surface area contributed by atoms with E-state index in [2.05, 4.69) is 10.8 Å². The van der Waals surface area contributed by atoms with Crippen LogP contribution in [-0.4, -0.2) is 30.3 Å². The van der Waals surface area contributed by atoms with Gasteiger partial charge in [0.1, 0.15) is 0 Å². The first kappa shape index (κ1) is 25.5. The number of alkyl halides is 6. The number of carbonyl (C=O) groups excluding carboxylic acids is 1. The molecule has 0 bridgehead atoms. The Kier molecular flexibility index (Phi) is 6.72. The highest BCUT2D eigenvalue weighted by Gasteiger charge is 2.60. The van der Waals surface area contributed by atoms with Gasteiger partial charge in [-0.05, 0) is 41.5 Å². The van der Waals surface area contributed by atoms with E-state index < -0.39 is 35.0 Å². The number of halogens is 6. The summed E-state index contributed by atoms with van der Waals surface area (Å²) in [5.74, 6) is -0.426. The fourth-order valence-electron chi connectivity index (χ4n) is 4.01. The number of aliphatic hydroxyl groups is 1. The molecule has 1 heterocycles. The van der Waals surface area contributed by atoms with Crippen molar-refractivity contribution in [2.45, 2.75) is 24.4 Å². The zero-order valence-electron chi connectivity index (χ0n) is 18.5. The molecule has 0 fully saturated rings. The predicted octanol–water partition coefficient (Wildman–Crippen LogP) is 5.30. The van der Waals surface area contributed by atoms with Crippen molar-refractivity contribution in [3.8, 4) is 0 Å². The van der Waals surface area contributed by atoms with E-state index >= 15 is 0 Å². The van der Waals surface area contributed by atoms with Crippen molar-refractivity contribution in [3.05, 3.63) is 89.0 Å². The third-order valence-electron chi connectivity index (χ3n) is 5.79. The molecule has 11 heteroatoms. The minimum absolute atomic E-state index is 0.105. The van der Waals surface area contributed by atoms with E-state index in [1.807, 2.05) is 0 Å². The molecule has 5 nitrogen and oxygen atoms in total. The molecular weight excluding hydrogens is 490 g/mol. The Morgan fingerprint density at radius 1 is 0.972 bits per heavy atom. The molecule has 0 spiro atoms. The summed E-state index contributed by atoms with van der Waals surface area (Å²) >= 11 is 0. The normalized spacial score (nSPS) is 18.1. The lowest BCUT2D eigenvalue weighted by atomic mass is 9.89. The Morgan fingerprint density at radius 3 is 2.36 bits per heavy atom. The highest BCUT2D eigenvalue weighted by molar-refractivity contribution is 6.09. The van der Waals surface area contributed by atoms with Crippen LogP contribution >= 0.6 is 0 Å². The van der Waals surface area contributed by atoms with Gasteiger partial charge in [-0.3, -0.25) is 15.1 Å². The van der Waals surface area contributed by atoms with Gasteiger partial charge in [0, 0.05) is 29.8 Å². The van der Waals surface area contributed by atoms with E-state index in [-0.39, 0.29) is 30.0 Å². The molecule has 3 aromatic rings. The Bertz CT molecular complexity index is 1320. The minimum atomic E-state index is -5.10. The monoisotopic (exact) mass is 510 g/mol. The summed E-state index contributed by atoms with van der Waals surface area (Å²) in [6, 6.07) is 12.3. The highest BCUT2D eigenvalue weighted by atomic mass is 19.4. The SMILES string of the molecule is O=C(NCCCO)c1ccc(C2=CC(c3cccc(C(F)(F)F)c3)(C(F)(F)F)ON2)c2ccccc12. The van der Waals surface area contributed by atoms with Crippen LogP contribution in [-0.2, 0) is 16.6 Å². The van der Waals surface area contributed by atoms with Crippen LogP contribution < -0.4 is 10.8 Å². The van der Waals surface area contributed by atoms with Gasteiger partial charge in [0.15, 0.2) is 0 Å². The average Bonchev–Trinajstić information content (AvgIpc) is 3.30. The molecule has 0 saturated heterocycles. The fourth-order valence-corrected chi connectivity index (χ4v) is 4.01. The first-order valence-electron chi connectivity index (χ1n) is 10.8. The summed E-state index contributed by atoms with van der Waals surface area (Å²) in [5.41, 5.74) is -2.50. The number of carbonyl (C=O) groups is 1. The van der Waals surface area contributed by atoms with Gasteiger partial charge in [0.25, 0.3) is 5.91 Å². The minimum Gasteiger partial charge on any atom is -0.396 e. The molecule has 36 heavy (non-hydrogen) atoms. The van der Waals surface area contributed by atoms with Crippen molar-refractivity contribution >= 4 is 22.4 Å². The molecule has 1 amide bonds. The topological polar surface area (TPSA) is 70.6 Å². The summed E-state index contributed by atoms with van der Waals surface area (Å²) in [7, 11) is 0. The maximum absolute atomic E-state index is 14.3. The third kappa shape index (κ3) is 4.63. The molecule has 1 atom stereocenters. The van der Waals surface area contributed by atoms with E-state index in [9.17, 15) is 31.1 Å². The maximum Gasteiger partial charge on any atom is 0.428 e. The van der Waals surface area contributed by atoms with Gasteiger partial charge in [-0.15, -0.1) is 0 Å². The van der Waals surface area contributed by atoms with Crippen molar-refractivity contribution in [1.82, 2.24) is 10.8 Å².